The number of carbonyl (C=O) groups excluding carboxylic acids is 1. The molecule has 0 radical (unpaired) electrons. The number of likely N-dealkylation sites (tertiary alicyclic amines) is 1. The Kier molecular flexibility index (Phi) is 5.23. The quantitative estimate of drug-likeness (QED) is 0.810. The Labute approximate surface area is 137 Å². The van der Waals surface area contributed by atoms with Crippen LogP contribution in [0.25, 0.3) is 0 Å². The van der Waals surface area contributed by atoms with Gasteiger partial charge in [-0.1, -0.05) is 0 Å². The van der Waals surface area contributed by atoms with Gasteiger partial charge in [0.15, 0.2) is 6.10 Å². The highest BCUT2D eigenvalue weighted by Gasteiger charge is 2.51. The second-order valence-electron chi connectivity index (χ2n) is 8.08. The fourth-order valence-electron chi connectivity index (χ4n) is 3.37. The minimum Gasteiger partial charge on any atom is -0.479 e. The van der Waals surface area contributed by atoms with Crippen molar-refractivity contribution in [3.63, 3.8) is 0 Å². The van der Waals surface area contributed by atoms with E-state index in [4.69, 9.17) is 9.84 Å². The van der Waals surface area contributed by atoms with Gasteiger partial charge in [0.2, 0.25) is 0 Å². The van der Waals surface area contributed by atoms with E-state index in [-0.39, 0.29) is 6.09 Å². The number of carbonyl (C=O) groups is 2. The number of hydrogen-bond acceptors (Lipinski definition) is 4. The van der Waals surface area contributed by atoms with Gasteiger partial charge < -0.3 is 19.8 Å². The lowest BCUT2D eigenvalue weighted by atomic mass is 9.86. The van der Waals surface area contributed by atoms with E-state index in [9.17, 15) is 14.7 Å². The molecule has 6 nitrogen and oxygen atoms in total. The molecule has 0 aromatic heterocycles. The molecule has 2 rings (SSSR count). The first-order valence-corrected chi connectivity index (χ1v) is 8.52. The van der Waals surface area contributed by atoms with Gasteiger partial charge in [0, 0.05) is 18.5 Å². The average Bonchev–Trinajstić information content (AvgIpc) is 3.24. The third-order valence-electron chi connectivity index (χ3n) is 4.93. The molecule has 23 heavy (non-hydrogen) atoms. The molecule has 1 saturated heterocycles. The highest BCUT2D eigenvalue weighted by Crippen LogP contribution is 2.53. The topological polar surface area (TPSA) is 87.1 Å². The fraction of sp³-hybridized carbons (Fsp3) is 0.882. The Morgan fingerprint density at radius 2 is 2.00 bits per heavy atom. The van der Waals surface area contributed by atoms with Crippen molar-refractivity contribution in [3.05, 3.63) is 0 Å². The van der Waals surface area contributed by atoms with Crippen molar-refractivity contribution in [2.45, 2.75) is 71.0 Å². The lowest BCUT2D eigenvalue weighted by molar-refractivity contribution is -0.150. The smallest absolute Gasteiger partial charge is 0.410 e. The highest BCUT2D eigenvalue weighted by molar-refractivity contribution is 5.73. The molecule has 2 aliphatic rings. The normalized spacial score (nSPS) is 24.9. The predicted octanol–water partition coefficient (Wildman–Crippen LogP) is 2.64. The van der Waals surface area contributed by atoms with Crippen LogP contribution < -0.4 is 0 Å². The summed E-state index contributed by atoms with van der Waals surface area (Å²) >= 11 is 0. The monoisotopic (exact) mass is 327 g/mol. The molecule has 2 unspecified atom stereocenters. The van der Waals surface area contributed by atoms with Gasteiger partial charge in [-0.05, 0) is 65.2 Å². The van der Waals surface area contributed by atoms with Gasteiger partial charge in [0.25, 0.3) is 0 Å². The van der Waals surface area contributed by atoms with Crippen molar-refractivity contribution in [1.82, 2.24) is 4.90 Å². The van der Waals surface area contributed by atoms with Crippen LogP contribution in [0.15, 0.2) is 0 Å². The molecule has 1 aliphatic carbocycles. The largest absolute Gasteiger partial charge is 0.479 e. The van der Waals surface area contributed by atoms with Gasteiger partial charge in [-0.2, -0.15) is 0 Å². The molecular weight excluding hydrogens is 298 g/mol. The number of nitrogens with zero attached hydrogens (tertiary/aromatic N) is 1. The number of aliphatic hydroxyl groups is 1. The molecule has 2 N–H and O–H groups in total. The minimum atomic E-state index is -1.26. The zero-order chi connectivity index (χ0) is 17.3. The summed E-state index contributed by atoms with van der Waals surface area (Å²) in [6.07, 6.45) is 3.58. The standard InChI is InChI=1S/C17H29NO5/c1-16(2,3)23-15(22)18-10-4-5-12(11-18)6-7-17(8-9-17)13(19)14(20)21/h12-13,19H,4-11H2,1-3H3,(H,20,21). The average molecular weight is 327 g/mol. The Morgan fingerprint density at radius 1 is 1.35 bits per heavy atom. The van der Waals surface area contributed by atoms with Crippen molar-refractivity contribution >= 4 is 12.1 Å². The predicted molar refractivity (Wildman–Crippen MR) is 85.1 cm³/mol. The molecular formula is C17H29NO5. The van der Waals surface area contributed by atoms with Crippen molar-refractivity contribution in [1.29, 1.82) is 0 Å². The van der Waals surface area contributed by atoms with Crippen LogP contribution in [0.4, 0.5) is 4.79 Å². The summed E-state index contributed by atoms with van der Waals surface area (Å²) in [6.45, 7) is 6.95. The summed E-state index contributed by atoms with van der Waals surface area (Å²) < 4.78 is 5.42. The van der Waals surface area contributed by atoms with Gasteiger partial charge in [-0.15, -0.1) is 0 Å². The first-order chi connectivity index (χ1) is 10.6. The van der Waals surface area contributed by atoms with Gasteiger partial charge in [0.05, 0.1) is 0 Å². The van der Waals surface area contributed by atoms with E-state index >= 15 is 0 Å². The summed E-state index contributed by atoms with van der Waals surface area (Å²) in [5, 5.41) is 18.8. The van der Waals surface area contributed by atoms with E-state index in [2.05, 4.69) is 0 Å². The van der Waals surface area contributed by atoms with Crippen molar-refractivity contribution in [3.8, 4) is 0 Å². The van der Waals surface area contributed by atoms with Crippen LogP contribution in [0, 0.1) is 11.3 Å². The van der Waals surface area contributed by atoms with Crippen LogP contribution >= 0.6 is 0 Å². The van der Waals surface area contributed by atoms with E-state index in [1.54, 1.807) is 4.90 Å². The van der Waals surface area contributed by atoms with E-state index in [0.717, 1.165) is 32.1 Å². The molecule has 0 spiro atoms. The molecule has 1 heterocycles. The van der Waals surface area contributed by atoms with Gasteiger partial charge in [-0.3, -0.25) is 0 Å². The number of carboxylic acid groups (broad SMARTS) is 1. The number of rotatable bonds is 5. The number of amides is 1. The zero-order valence-electron chi connectivity index (χ0n) is 14.4. The minimum absolute atomic E-state index is 0.270. The van der Waals surface area contributed by atoms with Gasteiger partial charge >= 0.3 is 12.1 Å². The van der Waals surface area contributed by atoms with Crippen molar-refractivity contribution in [2.75, 3.05) is 13.1 Å². The fourth-order valence-corrected chi connectivity index (χ4v) is 3.37. The number of hydrogen-bond donors (Lipinski definition) is 2. The number of piperidine rings is 1. The molecule has 2 fully saturated rings. The molecule has 2 atom stereocenters. The Balaban J connectivity index is 1.83. The van der Waals surface area contributed by atoms with Gasteiger partial charge in [-0.25, -0.2) is 9.59 Å². The Bertz CT molecular complexity index is 452. The summed E-state index contributed by atoms with van der Waals surface area (Å²) in [7, 11) is 0. The van der Waals surface area contributed by atoms with Crippen molar-refractivity contribution < 1.29 is 24.5 Å². The summed E-state index contributed by atoms with van der Waals surface area (Å²) in [5.41, 5.74) is -0.923. The maximum absolute atomic E-state index is 12.2. The molecule has 1 saturated carbocycles. The van der Waals surface area contributed by atoms with Gasteiger partial charge in [0.1, 0.15) is 5.60 Å². The highest BCUT2D eigenvalue weighted by atomic mass is 16.6. The van der Waals surface area contributed by atoms with Crippen LogP contribution in [-0.4, -0.2) is 52.0 Å². The Morgan fingerprint density at radius 3 is 2.52 bits per heavy atom. The molecule has 0 bridgehead atoms. The SMILES string of the molecule is CC(C)(C)OC(=O)N1CCCC(CCC2(C(O)C(=O)O)CC2)C1. The first-order valence-electron chi connectivity index (χ1n) is 8.52. The number of aliphatic carboxylic acids is 1. The molecule has 6 heteroatoms. The molecule has 1 aliphatic heterocycles. The number of ether oxygens (including phenoxy) is 1. The van der Waals surface area contributed by atoms with Crippen LogP contribution in [0.1, 0.15) is 59.3 Å². The molecule has 1 amide bonds. The first kappa shape index (κ1) is 18.0. The van der Waals surface area contributed by atoms with Crippen LogP contribution in [0.3, 0.4) is 0 Å². The summed E-state index contributed by atoms with van der Waals surface area (Å²) in [5.74, 6) is -0.767. The third-order valence-corrected chi connectivity index (χ3v) is 4.93. The molecule has 0 aromatic rings. The number of carboxylic acids is 1. The second-order valence-corrected chi connectivity index (χ2v) is 8.08. The maximum atomic E-state index is 12.2. The van der Waals surface area contributed by atoms with E-state index < -0.39 is 23.1 Å². The second kappa shape index (κ2) is 6.67. The van der Waals surface area contributed by atoms with Crippen LogP contribution in [-0.2, 0) is 9.53 Å². The summed E-state index contributed by atoms with van der Waals surface area (Å²) in [6, 6.07) is 0. The van der Waals surface area contributed by atoms with Crippen LogP contribution in [0.2, 0.25) is 0 Å². The lowest BCUT2D eigenvalue weighted by Crippen LogP contribution is -2.43. The zero-order valence-corrected chi connectivity index (χ0v) is 14.4. The molecule has 0 aromatic carbocycles. The number of aliphatic hydroxyl groups excluding tert-OH is 1. The maximum Gasteiger partial charge on any atom is 0.410 e. The summed E-state index contributed by atoms with van der Waals surface area (Å²) in [4.78, 5) is 24.9. The Hall–Kier alpha value is -1.30. The van der Waals surface area contributed by atoms with E-state index in [0.29, 0.717) is 25.4 Å². The third kappa shape index (κ3) is 4.83. The van der Waals surface area contributed by atoms with Crippen molar-refractivity contribution in [2.24, 2.45) is 11.3 Å². The van der Waals surface area contributed by atoms with Crippen LogP contribution in [0.5, 0.6) is 0 Å². The lowest BCUT2D eigenvalue weighted by Gasteiger charge is -2.34. The van der Waals surface area contributed by atoms with E-state index in [1.165, 1.54) is 0 Å². The van der Waals surface area contributed by atoms with E-state index in [1.807, 2.05) is 20.8 Å². The molecule has 132 valence electrons.